The molecule has 3 aromatic rings. The Labute approximate surface area is 140 Å². The predicted octanol–water partition coefficient (Wildman–Crippen LogP) is 6.24. The van der Waals surface area contributed by atoms with E-state index < -0.39 is 0 Å². The number of rotatable bonds is 2. The average molecular weight is 384 g/mol. The summed E-state index contributed by atoms with van der Waals surface area (Å²) in [4.78, 5) is 0. The molecule has 0 aliphatic heterocycles. The number of hydrogen-bond acceptors (Lipinski definition) is 0. The van der Waals surface area contributed by atoms with Gasteiger partial charge in [-0.25, -0.2) is 0 Å². The molecule has 0 saturated carbocycles. The Morgan fingerprint density at radius 2 is 0.905 bits per heavy atom. The lowest BCUT2D eigenvalue weighted by Gasteiger charge is -2.14. The average Bonchev–Trinajstić information content (AvgIpc) is 2.49. The largest absolute Gasteiger partial charge is 0.0620 e. The highest BCUT2D eigenvalue weighted by atomic mass is 127. The summed E-state index contributed by atoms with van der Waals surface area (Å²) in [6, 6.07) is 23.7. The lowest BCUT2D eigenvalue weighted by Crippen LogP contribution is -1.91. The maximum Gasteiger partial charge on any atom is 0.0287 e. The molecule has 0 heterocycles. The Bertz CT molecular complexity index is 724. The number of hydrogen-bond donors (Lipinski definition) is 0. The SMILES string of the molecule is Cc1ccccc1-c1cccc(-c2ccccc2C)c1I. The first-order chi connectivity index (χ1) is 10.2. The van der Waals surface area contributed by atoms with E-state index in [4.69, 9.17) is 0 Å². The minimum atomic E-state index is 1.31. The molecule has 0 fully saturated rings. The standard InChI is InChI=1S/C20H17I/c1-14-8-3-5-10-16(14)18-12-7-13-19(20(18)21)17-11-6-4-9-15(17)2/h3-13H,1-2H3. The van der Waals surface area contributed by atoms with Gasteiger partial charge in [0.1, 0.15) is 0 Å². The van der Waals surface area contributed by atoms with E-state index >= 15 is 0 Å². The summed E-state index contributed by atoms with van der Waals surface area (Å²) >= 11 is 2.48. The van der Waals surface area contributed by atoms with Gasteiger partial charge in [-0.1, -0.05) is 66.7 Å². The van der Waals surface area contributed by atoms with E-state index in [1.54, 1.807) is 0 Å². The second-order valence-electron chi connectivity index (χ2n) is 5.30. The summed E-state index contributed by atoms with van der Waals surface area (Å²) < 4.78 is 1.32. The van der Waals surface area contributed by atoms with Crippen LogP contribution in [0.1, 0.15) is 11.1 Å². The van der Waals surface area contributed by atoms with Gasteiger partial charge in [0.25, 0.3) is 0 Å². The predicted molar refractivity (Wildman–Crippen MR) is 99.5 cm³/mol. The van der Waals surface area contributed by atoms with Crippen molar-refractivity contribution in [3.63, 3.8) is 0 Å². The monoisotopic (exact) mass is 384 g/mol. The zero-order valence-corrected chi connectivity index (χ0v) is 14.4. The van der Waals surface area contributed by atoms with E-state index in [0.29, 0.717) is 0 Å². The minimum absolute atomic E-state index is 1.31. The molecule has 0 saturated heterocycles. The fraction of sp³-hybridized carbons (Fsp3) is 0.100. The molecule has 0 aliphatic carbocycles. The van der Waals surface area contributed by atoms with Crippen molar-refractivity contribution in [1.82, 2.24) is 0 Å². The third-order valence-electron chi connectivity index (χ3n) is 3.87. The van der Waals surface area contributed by atoms with Crippen LogP contribution in [0, 0.1) is 17.4 Å². The van der Waals surface area contributed by atoms with Crippen LogP contribution in [0.25, 0.3) is 22.3 Å². The van der Waals surface area contributed by atoms with Gasteiger partial charge in [-0.3, -0.25) is 0 Å². The topological polar surface area (TPSA) is 0 Å². The fourth-order valence-corrected chi connectivity index (χ4v) is 3.64. The highest BCUT2D eigenvalue weighted by Gasteiger charge is 2.11. The van der Waals surface area contributed by atoms with E-state index in [1.807, 2.05) is 0 Å². The molecule has 1 heteroatoms. The van der Waals surface area contributed by atoms with Gasteiger partial charge in [0, 0.05) is 3.57 Å². The fourth-order valence-electron chi connectivity index (χ4n) is 2.70. The molecule has 0 aromatic heterocycles. The summed E-state index contributed by atoms with van der Waals surface area (Å²) in [6.07, 6.45) is 0. The number of halogens is 1. The normalized spacial score (nSPS) is 10.6. The van der Waals surface area contributed by atoms with Crippen molar-refractivity contribution in [2.75, 3.05) is 0 Å². The van der Waals surface area contributed by atoms with Crippen molar-refractivity contribution in [1.29, 1.82) is 0 Å². The van der Waals surface area contributed by atoms with Crippen LogP contribution < -0.4 is 0 Å². The van der Waals surface area contributed by atoms with Gasteiger partial charge >= 0.3 is 0 Å². The molecular formula is C20H17I. The molecular weight excluding hydrogens is 367 g/mol. The van der Waals surface area contributed by atoms with Gasteiger partial charge in [-0.15, -0.1) is 0 Å². The second kappa shape index (κ2) is 6.02. The van der Waals surface area contributed by atoms with E-state index in [1.165, 1.54) is 37.0 Å². The van der Waals surface area contributed by atoms with E-state index in [2.05, 4.69) is 103 Å². The lowest BCUT2D eigenvalue weighted by atomic mass is 9.95. The molecule has 0 bridgehead atoms. The van der Waals surface area contributed by atoms with Crippen LogP contribution in [0.5, 0.6) is 0 Å². The van der Waals surface area contributed by atoms with Crippen LogP contribution in [0.15, 0.2) is 66.7 Å². The minimum Gasteiger partial charge on any atom is -0.0620 e. The second-order valence-corrected chi connectivity index (χ2v) is 6.38. The number of aryl methyl sites for hydroxylation is 2. The Kier molecular flexibility index (Phi) is 4.11. The van der Waals surface area contributed by atoms with Gasteiger partial charge < -0.3 is 0 Å². The van der Waals surface area contributed by atoms with Crippen molar-refractivity contribution in [3.8, 4) is 22.3 Å². The molecule has 21 heavy (non-hydrogen) atoms. The molecule has 0 atom stereocenters. The smallest absolute Gasteiger partial charge is 0.0287 e. The van der Waals surface area contributed by atoms with Crippen molar-refractivity contribution >= 4 is 22.6 Å². The van der Waals surface area contributed by atoms with E-state index in [9.17, 15) is 0 Å². The van der Waals surface area contributed by atoms with Gasteiger partial charge in [-0.05, 0) is 69.8 Å². The lowest BCUT2D eigenvalue weighted by molar-refractivity contribution is 1.43. The Hall–Kier alpha value is -1.61. The summed E-state index contributed by atoms with van der Waals surface area (Å²) in [7, 11) is 0. The van der Waals surface area contributed by atoms with Crippen LogP contribution in [0.2, 0.25) is 0 Å². The zero-order valence-electron chi connectivity index (χ0n) is 12.2. The molecule has 104 valence electrons. The van der Waals surface area contributed by atoms with Crippen molar-refractivity contribution < 1.29 is 0 Å². The van der Waals surface area contributed by atoms with Crippen LogP contribution in [0.4, 0.5) is 0 Å². The van der Waals surface area contributed by atoms with Crippen LogP contribution >= 0.6 is 22.6 Å². The first-order valence-electron chi connectivity index (χ1n) is 7.09. The Morgan fingerprint density at radius 1 is 0.524 bits per heavy atom. The summed E-state index contributed by atoms with van der Waals surface area (Å²) in [5.74, 6) is 0. The quantitative estimate of drug-likeness (QED) is 0.459. The molecule has 0 radical (unpaired) electrons. The van der Waals surface area contributed by atoms with Crippen molar-refractivity contribution in [3.05, 3.63) is 81.4 Å². The van der Waals surface area contributed by atoms with Gasteiger partial charge in [0.05, 0.1) is 0 Å². The molecule has 3 aromatic carbocycles. The Balaban J connectivity index is 2.21. The number of benzene rings is 3. The van der Waals surface area contributed by atoms with Crippen molar-refractivity contribution in [2.24, 2.45) is 0 Å². The molecule has 3 rings (SSSR count). The maximum absolute atomic E-state index is 2.48. The summed E-state index contributed by atoms with van der Waals surface area (Å²) in [5, 5.41) is 0. The molecule has 0 spiro atoms. The van der Waals surface area contributed by atoms with Crippen LogP contribution in [-0.2, 0) is 0 Å². The molecule has 0 amide bonds. The summed E-state index contributed by atoms with van der Waals surface area (Å²) in [5.41, 5.74) is 7.90. The van der Waals surface area contributed by atoms with Crippen LogP contribution in [-0.4, -0.2) is 0 Å². The van der Waals surface area contributed by atoms with Crippen molar-refractivity contribution in [2.45, 2.75) is 13.8 Å². The highest BCUT2D eigenvalue weighted by molar-refractivity contribution is 14.1. The van der Waals surface area contributed by atoms with Gasteiger partial charge in [0.2, 0.25) is 0 Å². The Morgan fingerprint density at radius 3 is 1.33 bits per heavy atom. The first-order valence-corrected chi connectivity index (χ1v) is 8.17. The third kappa shape index (κ3) is 2.75. The van der Waals surface area contributed by atoms with Gasteiger partial charge in [-0.2, -0.15) is 0 Å². The zero-order chi connectivity index (χ0) is 14.8. The van der Waals surface area contributed by atoms with E-state index in [0.717, 1.165) is 0 Å². The summed E-state index contributed by atoms with van der Waals surface area (Å²) in [6.45, 7) is 4.34. The molecule has 0 N–H and O–H groups in total. The van der Waals surface area contributed by atoms with Crippen LogP contribution in [0.3, 0.4) is 0 Å². The molecule has 0 aliphatic rings. The van der Waals surface area contributed by atoms with Gasteiger partial charge in [0.15, 0.2) is 0 Å². The van der Waals surface area contributed by atoms with E-state index in [-0.39, 0.29) is 0 Å². The molecule has 0 unspecified atom stereocenters. The molecule has 0 nitrogen and oxygen atoms in total. The maximum atomic E-state index is 2.48. The highest BCUT2D eigenvalue weighted by Crippen LogP contribution is 2.35. The first kappa shape index (κ1) is 14.3. The third-order valence-corrected chi connectivity index (χ3v) is 5.03.